The van der Waals surface area contributed by atoms with Crippen LogP contribution in [0.1, 0.15) is 19.8 Å². The molecule has 8 heteroatoms. The van der Waals surface area contributed by atoms with E-state index in [2.05, 4.69) is 6.92 Å². The number of benzene rings is 1. The van der Waals surface area contributed by atoms with Crippen molar-refractivity contribution in [2.45, 2.75) is 24.7 Å². The first-order chi connectivity index (χ1) is 13.1. The molecule has 27 heavy (non-hydrogen) atoms. The molecule has 0 spiro atoms. The third-order valence-electron chi connectivity index (χ3n) is 4.25. The van der Waals surface area contributed by atoms with Gasteiger partial charge >= 0.3 is 0 Å². The van der Waals surface area contributed by atoms with Crippen molar-refractivity contribution in [1.29, 1.82) is 0 Å². The number of amides is 1. The quantitative estimate of drug-likeness (QED) is 0.527. The summed E-state index contributed by atoms with van der Waals surface area (Å²) in [6, 6.07) is 5.88. The second-order valence-electron chi connectivity index (χ2n) is 6.03. The molecule has 5 nitrogen and oxygen atoms in total. The second-order valence-corrected chi connectivity index (χ2v) is 8.76. The van der Waals surface area contributed by atoms with Crippen molar-refractivity contribution >= 4 is 51.7 Å². The average Bonchev–Trinajstić information content (AvgIpc) is 3.15. The van der Waals surface area contributed by atoms with Gasteiger partial charge < -0.3 is 14.7 Å². The Kier molecular flexibility index (Phi) is 6.86. The molecule has 1 saturated heterocycles. The SMILES string of the molecule is CCCCN1C(=O)/C(=C/C=C2/Sc3cc(OC)ccc3N2CCO)SC1=S. The first-order valence-electron chi connectivity index (χ1n) is 8.79. The van der Waals surface area contributed by atoms with Gasteiger partial charge in [-0.05, 0) is 36.8 Å². The molecule has 0 aliphatic carbocycles. The van der Waals surface area contributed by atoms with Gasteiger partial charge in [-0.3, -0.25) is 9.69 Å². The summed E-state index contributed by atoms with van der Waals surface area (Å²) in [6.45, 7) is 3.30. The van der Waals surface area contributed by atoms with Crippen LogP contribution in [0.2, 0.25) is 0 Å². The van der Waals surface area contributed by atoms with Crippen molar-refractivity contribution < 1.29 is 14.6 Å². The molecule has 2 aliphatic heterocycles. The van der Waals surface area contributed by atoms with Crippen LogP contribution in [0.4, 0.5) is 5.69 Å². The van der Waals surface area contributed by atoms with Crippen LogP contribution in [0.3, 0.4) is 0 Å². The van der Waals surface area contributed by atoms with Gasteiger partial charge in [-0.15, -0.1) is 0 Å². The lowest BCUT2D eigenvalue weighted by Crippen LogP contribution is -2.28. The number of aliphatic hydroxyl groups excluding tert-OH is 1. The van der Waals surface area contributed by atoms with Gasteiger partial charge in [-0.2, -0.15) is 0 Å². The Morgan fingerprint density at radius 1 is 1.22 bits per heavy atom. The number of carbonyl (C=O) groups is 1. The molecular formula is C19H22N2O3S3. The third-order valence-corrected chi connectivity index (χ3v) is 6.76. The summed E-state index contributed by atoms with van der Waals surface area (Å²) in [5.41, 5.74) is 1.03. The van der Waals surface area contributed by atoms with Crippen molar-refractivity contribution in [3.05, 3.63) is 40.3 Å². The molecule has 0 atom stereocenters. The Balaban J connectivity index is 1.83. The van der Waals surface area contributed by atoms with Gasteiger partial charge in [0.2, 0.25) is 0 Å². The summed E-state index contributed by atoms with van der Waals surface area (Å²) in [5.74, 6) is 0.773. The molecule has 144 valence electrons. The fourth-order valence-electron chi connectivity index (χ4n) is 2.84. The van der Waals surface area contributed by atoms with Crippen LogP contribution in [0.25, 0.3) is 0 Å². The molecule has 2 aliphatic rings. The minimum Gasteiger partial charge on any atom is -0.497 e. The van der Waals surface area contributed by atoms with Crippen molar-refractivity contribution in [3.8, 4) is 5.75 Å². The van der Waals surface area contributed by atoms with Crippen molar-refractivity contribution in [2.24, 2.45) is 0 Å². The molecule has 3 rings (SSSR count). The molecule has 1 N–H and O–H groups in total. The summed E-state index contributed by atoms with van der Waals surface area (Å²) < 4.78 is 5.92. The number of hydrogen-bond acceptors (Lipinski definition) is 7. The van der Waals surface area contributed by atoms with E-state index in [9.17, 15) is 9.90 Å². The number of anilines is 1. The van der Waals surface area contributed by atoms with Crippen LogP contribution in [-0.2, 0) is 4.79 Å². The standard InChI is InChI=1S/C19H22N2O3S3/c1-3-4-9-21-18(23)15(27-19(21)25)7-8-17-20(10-11-22)14-6-5-13(24-2)12-16(14)26-17/h5-8,12,22H,3-4,9-11H2,1-2H3/b15-7-,17-8+. The zero-order valence-corrected chi connectivity index (χ0v) is 17.8. The summed E-state index contributed by atoms with van der Waals surface area (Å²) >= 11 is 8.30. The molecule has 0 unspecified atom stereocenters. The first-order valence-corrected chi connectivity index (χ1v) is 10.8. The molecule has 0 saturated carbocycles. The molecule has 0 bridgehead atoms. The van der Waals surface area contributed by atoms with Crippen molar-refractivity contribution in [1.82, 2.24) is 4.90 Å². The summed E-state index contributed by atoms with van der Waals surface area (Å²) in [4.78, 5) is 18.0. The maximum absolute atomic E-state index is 12.6. The van der Waals surface area contributed by atoms with Gasteiger partial charge in [0.15, 0.2) is 0 Å². The lowest BCUT2D eigenvalue weighted by Gasteiger charge is -2.18. The smallest absolute Gasteiger partial charge is 0.266 e. The van der Waals surface area contributed by atoms with E-state index in [0.29, 0.717) is 22.3 Å². The summed E-state index contributed by atoms with van der Waals surface area (Å²) in [5, 5.41) is 10.4. The van der Waals surface area contributed by atoms with Gasteiger partial charge in [0.25, 0.3) is 5.91 Å². The number of methoxy groups -OCH3 is 1. The molecule has 1 aromatic rings. The topological polar surface area (TPSA) is 53.0 Å². The number of fused-ring (bicyclic) bond motifs is 1. The summed E-state index contributed by atoms with van der Waals surface area (Å²) in [7, 11) is 1.64. The Hall–Kier alpha value is -1.48. The van der Waals surface area contributed by atoms with Crippen molar-refractivity contribution in [3.63, 3.8) is 0 Å². The maximum Gasteiger partial charge on any atom is 0.266 e. The number of ether oxygens (including phenoxy) is 1. The fraction of sp³-hybridized carbons (Fsp3) is 0.368. The highest BCUT2D eigenvalue weighted by molar-refractivity contribution is 8.26. The van der Waals surface area contributed by atoms with Gasteiger partial charge in [-0.25, -0.2) is 0 Å². The number of unbranched alkanes of at least 4 members (excludes halogenated alkanes) is 1. The molecule has 1 amide bonds. The number of hydrogen-bond donors (Lipinski definition) is 1. The molecule has 1 aromatic carbocycles. The number of allylic oxidation sites excluding steroid dienone is 2. The first kappa shape index (κ1) is 20.3. The van der Waals surface area contributed by atoms with E-state index in [1.807, 2.05) is 35.3 Å². The number of rotatable bonds is 7. The number of β-amino-alcohol motifs (C(OH)–C–C–N with tert-alkyl or cyclic N) is 1. The van der Waals surface area contributed by atoms with E-state index >= 15 is 0 Å². The Morgan fingerprint density at radius 3 is 2.74 bits per heavy atom. The van der Waals surface area contributed by atoms with E-state index in [4.69, 9.17) is 17.0 Å². The fourth-order valence-corrected chi connectivity index (χ4v) is 5.21. The van der Waals surface area contributed by atoms with Crippen LogP contribution < -0.4 is 9.64 Å². The lowest BCUT2D eigenvalue weighted by atomic mass is 10.2. The Labute approximate surface area is 173 Å². The van der Waals surface area contributed by atoms with E-state index in [0.717, 1.165) is 34.2 Å². The van der Waals surface area contributed by atoms with E-state index in [1.54, 1.807) is 23.8 Å². The van der Waals surface area contributed by atoms with Crippen LogP contribution in [-0.4, -0.2) is 47.0 Å². The predicted octanol–water partition coefficient (Wildman–Crippen LogP) is 3.99. The van der Waals surface area contributed by atoms with E-state index in [1.165, 1.54) is 11.8 Å². The highest BCUT2D eigenvalue weighted by Crippen LogP contribution is 2.47. The zero-order chi connectivity index (χ0) is 19.4. The second kappa shape index (κ2) is 9.14. The molecule has 1 fully saturated rings. The maximum atomic E-state index is 12.6. The number of thiocarbonyl (C=S) groups is 1. The third kappa shape index (κ3) is 4.34. The number of carbonyl (C=O) groups excluding carboxylic acids is 1. The lowest BCUT2D eigenvalue weighted by molar-refractivity contribution is -0.122. The van der Waals surface area contributed by atoms with Gasteiger partial charge in [0.05, 0.1) is 29.3 Å². The van der Waals surface area contributed by atoms with Crippen molar-refractivity contribution in [2.75, 3.05) is 31.7 Å². The van der Waals surface area contributed by atoms with Crippen LogP contribution in [0, 0.1) is 0 Å². The van der Waals surface area contributed by atoms with Crippen LogP contribution >= 0.6 is 35.7 Å². The highest BCUT2D eigenvalue weighted by atomic mass is 32.2. The van der Waals surface area contributed by atoms with Gasteiger partial charge in [0, 0.05) is 18.0 Å². The number of thioether (sulfide) groups is 2. The minimum atomic E-state index is -0.0220. The molecule has 0 aromatic heterocycles. The molecule has 2 heterocycles. The van der Waals surface area contributed by atoms with E-state index in [-0.39, 0.29) is 12.5 Å². The van der Waals surface area contributed by atoms with E-state index < -0.39 is 0 Å². The van der Waals surface area contributed by atoms with Crippen LogP contribution in [0.15, 0.2) is 45.2 Å². The Bertz CT molecular complexity index is 807. The van der Waals surface area contributed by atoms with Gasteiger partial charge in [-0.1, -0.05) is 49.1 Å². The van der Waals surface area contributed by atoms with Crippen LogP contribution in [0.5, 0.6) is 5.75 Å². The zero-order valence-electron chi connectivity index (χ0n) is 15.3. The number of aliphatic hydroxyl groups is 1. The highest BCUT2D eigenvalue weighted by Gasteiger charge is 2.31. The predicted molar refractivity (Wildman–Crippen MR) is 116 cm³/mol. The largest absolute Gasteiger partial charge is 0.497 e. The minimum absolute atomic E-state index is 0.0220. The molecular weight excluding hydrogens is 400 g/mol. The summed E-state index contributed by atoms with van der Waals surface area (Å²) in [6.07, 6.45) is 5.73. The van der Waals surface area contributed by atoms with Gasteiger partial charge in [0.1, 0.15) is 10.1 Å². The monoisotopic (exact) mass is 422 g/mol. The average molecular weight is 423 g/mol. The molecule has 0 radical (unpaired) electrons. The Morgan fingerprint density at radius 2 is 2.04 bits per heavy atom. The normalized spacial score (nSPS) is 19.5. The number of nitrogens with zero attached hydrogens (tertiary/aromatic N) is 2.